The lowest BCUT2D eigenvalue weighted by Gasteiger charge is -2.40. The first-order valence-corrected chi connectivity index (χ1v) is 11.2. The SMILES string of the molecule is CN(C)C(=O)C1C(O)C2(O)c3ncc(Cl)cc3OC2(c2ccc(Cl)cc2)C1c1ccccc1. The highest BCUT2D eigenvalue weighted by Crippen LogP contribution is 2.68. The van der Waals surface area contributed by atoms with E-state index in [1.165, 1.54) is 11.1 Å². The average molecular weight is 485 g/mol. The number of aliphatic hydroxyl groups is 2. The van der Waals surface area contributed by atoms with Crippen LogP contribution in [0.3, 0.4) is 0 Å². The van der Waals surface area contributed by atoms with E-state index in [0.717, 1.165) is 5.56 Å². The van der Waals surface area contributed by atoms with E-state index in [9.17, 15) is 15.0 Å². The lowest BCUT2D eigenvalue weighted by molar-refractivity contribution is -0.157. The summed E-state index contributed by atoms with van der Waals surface area (Å²) in [6.45, 7) is 0. The molecule has 5 atom stereocenters. The van der Waals surface area contributed by atoms with E-state index in [-0.39, 0.29) is 17.4 Å². The Bertz CT molecular complexity index is 1220. The summed E-state index contributed by atoms with van der Waals surface area (Å²) in [6.07, 6.45) is -0.117. The minimum absolute atomic E-state index is 0.143. The van der Waals surface area contributed by atoms with Gasteiger partial charge in [-0.15, -0.1) is 0 Å². The zero-order valence-corrected chi connectivity index (χ0v) is 19.5. The second-order valence-corrected chi connectivity index (χ2v) is 9.58. The molecule has 0 bridgehead atoms. The monoisotopic (exact) mass is 484 g/mol. The van der Waals surface area contributed by atoms with Crippen LogP contribution >= 0.6 is 23.2 Å². The van der Waals surface area contributed by atoms with E-state index < -0.39 is 29.1 Å². The molecule has 1 aliphatic carbocycles. The van der Waals surface area contributed by atoms with Gasteiger partial charge in [0.1, 0.15) is 17.5 Å². The molecule has 2 N–H and O–H groups in total. The van der Waals surface area contributed by atoms with Crippen LogP contribution in [0, 0.1) is 5.92 Å². The minimum Gasteiger partial charge on any atom is -0.476 e. The van der Waals surface area contributed by atoms with Crippen molar-refractivity contribution in [3.05, 3.63) is 93.7 Å². The number of hydrogen-bond donors (Lipinski definition) is 2. The van der Waals surface area contributed by atoms with Gasteiger partial charge >= 0.3 is 0 Å². The lowest BCUT2D eigenvalue weighted by Crippen LogP contribution is -2.52. The quantitative estimate of drug-likeness (QED) is 0.591. The molecule has 0 spiro atoms. The first-order valence-electron chi connectivity index (χ1n) is 10.5. The number of amides is 1. The van der Waals surface area contributed by atoms with Crippen molar-refractivity contribution >= 4 is 29.1 Å². The number of halogens is 2. The molecule has 170 valence electrons. The molecule has 1 fully saturated rings. The van der Waals surface area contributed by atoms with Gasteiger partial charge in [0.15, 0.2) is 11.2 Å². The van der Waals surface area contributed by atoms with Crippen molar-refractivity contribution in [1.29, 1.82) is 0 Å². The summed E-state index contributed by atoms with van der Waals surface area (Å²) in [5.41, 5.74) is -2.15. The molecule has 33 heavy (non-hydrogen) atoms. The predicted molar refractivity (Wildman–Crippen MR) is 124 cm³/mol. The van der Waals surface area contributed by atoms with Crippen LogP contribution in [0.25, 0.3) is 0 Å². The molecule has 1 aromatic heterocycles. The van der Waals surface area contributed by atoms with Crippen molar-refractivity contribution < 1.29 is 19.7 Å². The number of carbonyl (C=O) groups is 1. The Hall–Kier alpha value is -2.64. The summed E-state index contributed by atoms with van der Waals surface area (Å²) in [5, 5.41) is 24.9. The maximum absolute atomic E-state index is 13.4. The molecule has 0 radical (unpaired) electrons. The van der Waals surface area contributed by atoms with Crippen molar-refractivity contribution in [3.63, 3.8) is 0 Å². The van der Waals surface area contributed by atoms with E-state index in [1.54, 1.807) is 44.4 Å². The number of ether oxygens (including phenoxy) is 1. The maximum atomic E-state index is 13.4. The molecule has 1 amide bonds. The van der Waals surface area contributed by atoms with Gasteiger partial charge in [-0.25, -0.2) is 0 Å². The van der Waals surface area contributed by atoms with Gasteiger partial charge in [-0.1, -0.05) is 65.7 Å². The normalized spacial score (nSPS) is 29.8. The Kier molecular flexibility index (Phi) is 5.18. The zero-order chi connectivity index (χ0) is 23.5. The lowest BCUT2D eigenvalue weighted by atomic mass is 9.71. The van der Waals surface area contributed by atoms with Gasteiger partial charge in [-0.3, -0.25) is 9.78 Å². The molecule has 1 aliphatic heterocycles. The highest BCUT2D eigenvalue weighted by Gasteiger charge is 2.78. The number of aromatic nitrogens is 1. The van der Waals surface area contributed by atoms with Crippen molar-refractivity contribution in [3.8, 4) is 5.75 Å². The zero-order valence-electron chi connectivity index (χ0n) is 17.9. The van der Waals surface area contributed by atoms with Gasteiger partial charge in [-0.2, -0.15) is 0 Å². The molecule has 0 saturated heterocycles. The van der Waals surface area contributed by atoms with Gasteiger partial charge < -0.3 is 19.8 Å². The fraction of sp³-hybridized carbons (Fsp3) is 0.280. The topological polar surface area (TPSA) is 82.9 Å². The standard InChI is InChI=1S/C25H22Cl2N2O4/c1-29(2)23(31)19-20(14-6-4-3-5-7-14)25(15-8-10-16(26)11-9-15)24(32,22(19)30)21-18(33-25)12-17(27)13-28-21/h3-13,19-20,22,30,32H,1-2H3. The van der Waals surface area contributed by atoms with Crippen LogP contribution in [0.5, 0.6) is 5.75 Å². The molecule has 2 aromatic carbocycles. The summed E-state index contributed by atoms with van der Waals surface area (Å²) in [5.74, 6) is -1.82. The fourth-order valence-electron chi connectivity index (χ4n) is 5.40. The van der Waals surface area contributed by atoms with Crippen LogP contribution in [0.4, 0.5) is 0 Å². The predicted octanol–water partition coefficient (Wildman–Crippen LogP) is 3.73. The molecule has 2 aliphatic rings. The Balaban J connectivity index is 1.87. The number of pyridine rings is 1. The van der Waals surface area contributed by atoms with Crippen LogP contribution in [0.2, 0.25) is 10.0 Å². The number of aliphatic hydroxyl groups excluding tert-OH is 1. The first-order chi connectivity index (χ1) is 15.7. The van der Waals surface area contributed by atoms with E-state index in [1.807, 2.05) is 30.3 Å². The molecule has 5 unspecified atom stereocenters. The van der Waals surface area contributed by atoms with Crippen LogP contribution in [-0.4, -0.2) is 46.2 Å². The van der Waals surface area contributed by atoms with Gasteiger partial charge in [0.2, 0.25) is 5.91 Å². The van der Waals surface area contributed by atoms with Crippen LogP contribution in [0.1, 0.15) is 22.7 Å². The van der Waals surface area contributed by atoms with Crippen molar-refractivity contribution in [2.24, 2.45) is 5.92 Å². The summed E-state index contributed by atoms with van der Waals surface area (Å²) < 4.78 is 6.56. The third-order valence-corrected chi connectivity index (χ3v) is 7.20. The Labute approximate surface area is 201 Å². The van der Waals surface area contributed by atoms with Gasteiger partial charge in [0, 0.05) is 37.3 Å². The van der Waals surface area contributed by atoms with E-state index >= 15 is 0 Å². The van der Waals surface area contributed by atoms with Crippen molar-refractivity contribution in [2.75, 3.05) is 14.1 Å². The van der Waals surface area contributed by atoms with E-state index in [0.29, 0.717) is 15.6 Å². The van der Waals surface area contributed by atoms with Gasteiger partial charge in [0.05, 0.1) is 10.9 Å². The van der Waals surface area contributed by atoms with E-state index in [2.05, 4.69) is 4.98 Å². The molecule has 5 rings (SSSR count). The number of hydrogen-bond acceptors (Lipinski definition) is 5. The molecular formula is C25H22Cl2N2O4. The Morgan fingerprint density at radius 2 is 1.73 bits per heavy atom. The highest BCUT2D eigenvalue weighted by atomic mass is 35.5. The molecule has 6 nitrogen and oxygen atoms in total. The minimum atomic E-state index is -2.03. The summed E-state index contributed by atoms with van der Waals surface area (Å²) >= 11 is 12.3. The molecule has 8 heteroatoms. The number of carbonyl (C=O) groups excluding carboxylic acids is 1. The third-order valence-electron chi connectivity index (χ3n) is 6.74. The molecular weight excluding hydrogens is 463 g/mol. The van der Waals surface area contributed by atoms with Gasteiger partial charge in [-0.05, 0) is 23.3 Å². The Morgan fingerprint density at radius 1 is 1.06 bits per heavy atom. The largest absolute Gasteiger partial charge is 0.476 e. The molecule has 2 heterocycles. The van der Waals surface area contributed by atoms with Crippen molar-refractivity contribution in [1.82, 2.24) is 9.88 Å². The molecule has 1 saturated carbocycles. The van der Waals surface area contributed by atoms with Crippen LogP contribution < -0.4 is 4.74 Å². The van der Waals surface area contributed by atoms with Crippen LogP contribution in [0.15, 0.2) is 66.9 Å². The van der Waals surface area contributed by atoms with E-state index in [4.69, 9.17) is 27.9 Å². The summed E-state index contributed by atoms with van der Waals surface area (Å²) in [7, 11) is 3.24. The average Bonchev–Trinajstić information content (AvgIpc) is 3.17. The summed E-state index contributed by atoms with van der Waals surface area (Å²) in [6, 6.07) is 17.7. The Morgan fingerprint density at radius 3 is 2.36 bits per heavy atom. The summed E-state index contributed by atoms with van der Waals surface area (Å²) in [4.78, 5) is 19.2. The molecule has 3 aromatic rings. The van der Waals surface area contributed by atoms with Gasteiger partial charge in [0.25, 0.3) is 0 Å². The van der Waals surface area contributed by atoms with Crippen LogP contribution in [-0.2, 0) is 16.0 Å². The highest BCUT2D eigenvalue weighted by molar-refractivity contribution is 6.30. The fourth-order valence-corrected chi connectivity index (χ4v) is 5.68. The number of rotatable bonds is 3. The maximum Gasteiger partial charge on any atom is 0.228 e. The number of benzene rings is 2. The van der Waals surface area contributed by atoms with Crippen molar-refractivity contribution in [2.45, 2.75) is 23.2 Å². The number of fused-ring (bicyclic) bond motifs is 3. The first kappa shape index (κ1) is 22.2. The number of nitrogens with zero attached hydrogens (tertiary/aromatic N) is 2. The third kappa shape index (κ3) is 2.95. The second-order valence-electron chi connectivity index (χ2n) is 8.70. The smallest absolute Gasteiger partial charge is 0.228 e. The second kappa shape index (κ2) is 7.71.